The lowest BCUT2D eigenvalue weighted by Crippen LogP contribution is -2.10. The first kappa shape index (κ1) is 37.6. The molecule has 0 heterocycles. The van der Waals surface area contributed by atoms with Crippen molar-refractivity contribution in [3.8, 4) is 0 Å². The summed E-state index contributed by atoms with van der Waals surface area (Å²) in [6.07, 6.45) is 40.0. The van der Waals surface area contributed by atoms with Crippen LogP contribution < -0.4 is 5.73 Å². The lowest BCUT2D eigenvalue weighted by molar-refractivity contribution is 0.511. The third-order valence-electron chi connectivity index (χ3n) is 10.3. The molecule has 1 heteroatoms. The molecule has 3 rings (SSSR count). The first-order chi connectivity index (χ1) is 22.3. The number of rotatable bonds is 29. The molecule has 45 heavy (non-hydrogen) atoms. The van der Waals surface area contributed by atoms with Crippen molar-refractivity contribution in [2.24, 2.45) is 5.73 Å². The monoisotopic (exact) mass is 614 g/mol. The molecule has 1 atom stereocenters. The molecule has 0 bridgehead atoms. The van der Waals surface area contributed by atoms with Crippen LogP contribution in [0.3, 0.4) is 0 Å². The fourth-order valence-corrected chi connectivity index (χ4v) is 7.33. The Labute approximate surface area is 279 Å². The van der Waals surface area contributed by atoms with Gasteiger partial charge in [-0.2, -0.15) is 0 Å². The van der Waals surface area contributed by atoms with E-state index in [1.54, 1.807) is 0 Å². The minimum Gasteiger partial charge on any atom is -0.324 e. The van der Waals surface area contributed by atoms with E-state index in [2.05, 4.69) is 61.5 Å². The van der Waals surface area contributed by atoms with Crippen molar-refractivity contribution in [3.63, 3.8) is 0 Å². The minimum absolute atomic E-state index is 0.133. The Morgan fingerprint density at radius 3 is 1.18 bits per heavy atom. The topological polar surface area (TPSA) is 26.0 Å². The normalized spacial score (nSPS) is 12.4. The van der Waals surface area contributed by atoms with Crippen LogP contribution in [0.15, 0.2) is 54.6 Å². The molecule has 0 saturated heterocycles. The van der Waals surface area contributed by atoms with Gasteiger partial charge in [-0.05, 0) is 45.7 Å². The highest BCUT2D eigenvalue weighted by Crippen LogP contribution is 2.30. The molecule has 0 spiro atoms. The van der Waals surface area contributed by atoms with Crippen molar-refractivity contribution < 1.29 is 0 Å². The summed E-state index contributed by atoms with van der Waals surface area (Å²) < 4.78 is 0. The molecule has 1 nitrogen and oxygen atoms in total. The first-order valence-electron chi connectivity index (χ1n) is 20.0. The number of nitrogens with two attached hydrogens (primary N) is 1. The van der Waals surface area contributed by atoms with Crippen molar-refractivity contribution in [1.82, 2.24) is 0 Å². The number of hydrogen-bond donors (Lipinski definition) is 1. The molecule has 2 N–H and O–H groups in total. The average Bonchev–Trinajstić information content (AvgIpc) is 3.06. The fourth-order valence-electron chi connectivity index (χ4n) is 7.33. The van der Waals surface area contributed by atoms with E-state index in [1.165, 1.54) is 200 Å². The predicted octanol–water partition coefficient (Wildman–Crippen LogP) is 14.9. The summed E-state index contributed by atoms with van der Waals surface area (Å²) in [5, 5.41) is 5.25. The maximum atomic E-state index is 6.71. The maximum absolute atomic E-state index is 6.71. The molecule has 252 valence electrons. The summed E-state index contributed by atoms with van der Waals surface area (Å²) in [5.41, 5.74) is 8.02. The summed E-state index contributed by atoms with van der Waals surface area (Å²) in [5.74, 6) is 0. The smallest absolute Gasteiger partial charge is 0.0301 e. The number of fused-ring (bicyclic) bond motifs is 2. The van der Waals surface area contributed by atoms with Crippen LogP contribution in [-0.4, -0.2) is 0 Å². The van der Waals surface area contributed by atoms with Crippen LogP contribution in [0.4, 0.5) is 0 Å². The minimum atomic E-state index is 0.133. The molecule has 1 unspecified atom stereocenters. The fraction of sp³-hybridized carbons (Fsp3) is 0.682. The second-order valence-corrected chi connectivity index (χ2v) is 14.4. The second kappa shape index (κ2) is 25.3. The van der Waals surface area contributed by atoms with Gasteiger partial charge in [0.15, 0.2) is 0 Å². The molecule has 0 aromatic heterocycles. The van der Waals surface area contributed by atoms with E-state index in [9.17, 15) is 0 Å². The highest BCUT2D eigenvalue weighted by Gasteiger charge is 2.10. The summed E-state index contributed by atoms with van der Waals surface area (Å²) in [6.45, 7) is 2.31. The van der Waals surface area contributed by atoms with Crippen molar-refractivity contribution >= 4 is 21.5 Å². The van der Waals surface area contributed by atoms with E-state index in [0.29, 0.717) is 0 Å². The van der Waals surface area contributed by atoms with Gasteiger partial charge in [0.2, 0.25) is 0 Å². The summed E-state index contributed by atoms with van der Waals surface area (Å²) in [6, 6.07) is 20.1. The van der Waals surface area contributed by atoms with Crippen molar-refractivity contribution in [2.45, 2.75) is 193 Å². The van der Waals surface area contributed by atoms with E-state index >= 15 is 0 Å². The molecule has 0 aliphatic rings. The van der Waals surface area contributed by atoms with E-state index < -0.39 is 0 Å². The molecule has 0 radical (unpaired) electrons. The van der Waals surface area contributed by atoms with Gasteiger partial charge < -0.3 is 5.73 Å². The van der Waals surface area contributed by atoms with Gasteiger partial charge in [-0.3, -0.25) is 0 Å². The van der Waals surface area contributed by atoms with Crippen molar-refractivity contribution in [1.29, 1.82) is 0 Å². The van der Waals surface area contributed by atoms with Crippen LogP contribution in [0.25, 0.3) is 21.5 Å². The van der Waals surface area contributed by atoms with Gasteiger partial charge in [0.05, 0.1) is 0 Å². The first-order valence-corrected chi connectivity index (χ1v) is 20.0. The van der Waals surface area contributed by atoms with Crippen LogP contribution in [0.1, 0.15) is 198 Å². The molecule has 0 aliphatic heterocycles. The van der Waals surface area contributed by atoms with Crippen LogP contribution in [0.5, 0.6) is 0 Å². The van der Waals surface area contributed by atoms with Crippen LogP contribution in [0.2, 0.25) is 0 Å². The molecule has 0 aliphatic carbocycles. The predicted molar refractivity (Wildman–Crippen MR) is 203 cm³/mol. The van der Waals surface area contributed by atoms with Crippen LogP contribution in [-0.2, 0) is 0 Å². The Morgan fingerprint density at radius 2 is 0.756 bits per heavy atom. The van der Waals surface area contributed by atoms with Gasteiger partial charge >= 0.3 is 0 Å². The van der Waals surface area contributed by atoms with Crippen LogP contribution >= 0.6 is 0 Å². The maximum Gasteiger partial charge on any atom is 0.0301 e. The summed E-state index contributed by atoms with van der Waals surface area (Å²) in [4.78, 5) is 0. The second-order valence-electron chi connectivity index (χ2n) is 14.4. The molecule has 3 aromatic rings. The molecular formula is C44H71N. The summed E-state index contributed by atoms with van der Waals surface area (Å²) >= 11 is 0. The van der Waals surface area contributed by atoms with Gasteiger partial charge in [0, 0.05) is 6.04 Å². The van der Waals surface area contributed by atoms with Gasteiger partial charge in [-0.15, -0.1) is 0 Å². The lowest BCUT2D eigenvalue weighted by atomic mass is 9.93. The van der Waals surface area contributed by atoms with Crippen molar-refractivity contribution in [2.75, 3.05) is 0 Å². The largest absolute Gasteiger partial charge is 0.324 e. The van der Waals surface area contributed by atoms with Crippen LogP contribution in [0, 0.1) is 0 Å². The van der Waals surface area contributed by atoms with Gasteiger partial charge in [-0.25, -0.2) is 0 Å². The number of benzene rings is 3. The lowest BCUT2D eigenvalue weighted by Gasteiger charge is -2.15. The van der Waals surface area contributed by atoms with Crippen molar-refractivity contribution in [3.05, 3.63) is 60.2 Å². The van der Waals surface area contributed by atoms with Gasteiger partial charge in [0.25, 0.3) is 0 Å². The van der Waals surface area contributed by atoms with Gasteiger partial charge in [-0.1, -0.05) is 223 Å². The zero-order valence-corrected chi connectivity index (χ0v) is 29.6. The van der Waals surface area contributed by atoms with Gasteiger partial charge in [0.1, 0.15) is 0 Å². The zero-order chi connectivity index (χ0) is 31.6. The third-order valence-corrected chi connectivity index (χ3v) is 10.3. The molecule has 0 saturated carbocycles. The van der Waals surface area contributed by atoms with E-state index in [1.807, 2.05) is 0 Å². The summed E-state index contributed by atoms with van der Waals surface area (Å²) in [7, 11) is 0. The Morgan fingerprint density at radius 1 is 0.400 bits per heavy atom. The molecule has 3 aromatic carbocycles. The Kier molecular flexibility index (Phi) is 21.1. The standard InChI is InChI=1S/C44H71N/c1-2-3-4-5-6-7-8-9-10-11-12-13-14-15-16-17-18-19-20-21-22-23-24-25-26-27-28-36-44(45)42-35-31-34-41-37-39-32-29-30-33-40(39)38-43(41)42/h29-35,37-38,44H,2-28,36,45H2,1H3. The third kappa shape index (κ3) is 16.5. The Hall–Kier alpha value is -1.86. The van der Waals surface area contributed by atoms with E-state index in [4.69, 9.17) is 5.73 Å². The number of unbranched alkanes of at least 4 members (excludes halogenated alkanes) is 26. The average molecular weight is 614 g/mol. The van der Waals surface area contributed by atoms with E-state index in [-0.39, 0.29) is 6.04 Å². The molecular weight excluding hydrogens is 542 g/mol. The quantitative estimate of drug-likeness (QED) is 0.0611. The SMILES string of the molecule is CCCCCCCCCCCCCCCCCCCCCCCCCCCCCC(N)c1cccc2cc3ccccc3cc12. The Bertz CT molecular complexity index is 1120. The molecule has 0 fully saturated rings. The van der Waals surface area contributed by atoms with E-state index in [0.717, 1.165) is 6.42 Å². The Balaban J connectivity index is 1.04. The highest BCUT2D eigenvalue weighted by atomic mass is 14.6. The highest BCUT2D eigenvalue weighted by molar-refractivity contribution is 5.99. The number of hydrogen-bond acceptors (Lipinski definition) is 1. The zero-order valence-electron chi connectivity index (χ0n) is 29.6. The molecule has 0 amide bonds.